The lowest BCUT2D eigenvalue weighted by Gasteiger charge is -2.25. The normalized spacial score (nSPS) is 12.5. The van der Waals surface area contributed by atoms with E-state index < -0.39 is 0 Å². The van der Waals surface area contributed by atoms with Crippen LogP contribution in [0.15, 0.2) is 48.7 Å². The summed E-state index contributed by atoms with van der Waals surface area (Å²) in [5.41, 5.74) is 2.92. The molecule has 0 aliphatic heterocycles. The van der Waals surface area contributed by atoms with Crippen molar-refractivity contribution in [2.24, 2.45) is 0 Å². The molecule has 2 aromatic carbocycles. The molecule has 1 aromatic heterocycles. The number of hydrogen-bond donors (Lipinski definition) is 1. The van der Waals surface area contributed by atoms with E-state index in [0.717, 1.165) is 22.0 Å². The van der Waals surface area contributed by atoms with Gasteiger partial charge in [0, 0.05) is 24.0 Å². The highest BCUT2D eigenvalue weighted by atomic mass is 19.1. The predicted molar refractivity (Wildman–Crippen MR) is 91.5 cm³/mol. The van der Waals surface area contributed by atoms with Crippen LogP contribution >= 0.6 is 0 Å². The average Bonchev–Trinajstić information content (AvgIpc) is 2.91. The Morgan fingerprint density at radius 2 is 1.88 bits per heavy atom. The zero-order valence-corrected chi connectivity index (χ0v) is 13.8. The second kappa shape index (κ2) is 6.45. The molecule has 1 heterocycles. The fraction of sp³-hybridized carbons (Fsp3) is 0.211. The van der Waals surface area contributed by atoms with Crippen molar-refractivity contribution in [3.63, 3.8) is 0 Å². The van der Waals surface area contributed by atoms with E-state index in [1.165, 1.54) is 13.0 Å². The average molecular weight is 326 g/mol. The molecule has 0 saturated heterocycles. The van der Waals surface area contributed by atoms with E-state index in [4.69, 9.17) is 4.74 Å². The Hall–Kier alpha value is -2.66. The molecular formula is C19H19FN2O2. The van der Waals surface area contributed by atoms with Crippen LogP contribution in [0.2, 0.25) is 0 Å². The summed E-state index contributed by atoms with van der Waals surface area (Å²) in [6, 6.07) is 12.1. The number of carbonyl (C=O) groups excluding carboxylic acids is 1. The Bertz CT molecular complexity index is 869. The molecule has 0 radical (unpaired) electrons. The number of fused-ring (bicyclic) bond motifs is 1. The topological polar surface area (TPSA) is 45.3 Å². The molecule has 0 aliphatic carbocycles. The number of halogens is 1. The van der Waals surface area contributed by atoms with Crippen molar-refractivity contribution in [3.8, 4) is 5.75 Å². The monoisotopic (exact) mass is 326 g/mol. The first kappa shape index (κ1) is 16.2. The molecule has 5 heteroatoms. The SMILES string of the molecule is CC(=O)Oc1ccc(C(c2c[nH]c3ccc(F)cc23)N(C)C)cc1. The van der Waals surface area contributed by atoms with Crippen molar-refractivity contribution in [1.82, 2.24) is 9.88 Å². The molecule has 24 heavy (non-hydrogen) atoms. The number of H-pyrrole nitrogens is 1. The van der Waals surface area contributed by atoms with Gasteiger partial charge in [0.25, 0.3) is 0 Å². The number of esters is 1. The molecule has 3 rings (SSSR count). The number of aromatic amines is 1. The molecular weight excluding hydrogens is 307 g/mol. The van der Waals surface area contributed by atoms with E-state index in [2.05, 4.69) is 9.88 Å². The van der Waals surface area contributed by atoms with Gasteiger partial charge in [-0.3, -0.25) is 9.69 Å². The first-order valence-corrected chi connectivity index (χ1v) is 7.67. The van der Waals surface area contributed by atoms with Crippen LogP contribution in [-0.2, 0) is 4.79 Å². The summed E-state index contributed by atoms with van der Waals surface area (Å²) in [5, 5.41) is 0.859. The van der Waals surface area contributed by atoms with Gasteiger partial charge >= 0.3 is 5.97 Å². The lowest BCUT2D eigenvalue weighted by atomic mass is 9.97. The lowest BCUT2D eigenvalue weighted by Crippen LogP contribution is -2.20. The van der Waals surface area contributed by atoms with Crippen LogP contribution in [0.5, 0.6) is 5.75 Å². The summed E-state index contributed by atoms with van der Waals surface area (Å²) < 4.78 is 18.7. The van der Waals surface area contributed by atoms with Crippen molar-refractivity contribution in [3.05, 3.63) is 65.6 Å². The number of aromatic nitrogens is 1. The van der Waals surface area contributed by atoms with Gasteiger partial charge < -0.3 is 9.72 Å². The lowest BCUT2D eigenvalue weighted by molar-refractivity contribution is -0.131. The molecule has 3 aromatic rings. The summed E-state index contributed by atoms with van der Waals surface area (Å²) >= 11 is 0. The van der Waals surface area contributed by atoms with E-state index >= 15 is 0 Å². The molecule has 0 aliphatic rings. The number of rotatable bonds is 4. The zero-order valence-electron chi connectivity index (χ0n) is 13.8. The number of nitrogens with zero attached hydrogens (tertiary/aromatic N) is 1. The maximum atomic E-state index is 13.7. The third-order valence-corrected chi connectivity index (χ3v) is 3.94. The van der Waals surface area contributed by atoms with E-state index in [0.29, 0.717) is 5.75 Å². The minimum Gasteiger partial charge on any atom is -0.427 e. The Labute approximate surface area is 139 Å². The first-order chi connectivity index (χ1) is 11.5. The fourth-order valence-electron chi connectivity index (χ4n) is 2.98. The van der Waals surface area contributed by atoms with Crippen LogP contribution in [0.1, 0.15) is 24.1 Å². The van der Waals surface area contributed by atoms with Crippen molar-refractivity contribution >= 4 is 16.9 Å². The summed E-state index contributed by atoms with van der Waals surface area (Å²) in [4.78, 5) is 16.3. The van der Waals surface area contributed by atoms with Gasteiger partial charge in [-0.05, 0) is 55.6 Å². The van der Waals surface area contributed by atoms with Crippen LogP contribution in [0, 0.1) is 5.82 Å². The quantitative estimate of drug-likeness (QED) is 0.584. The number of benzene rings is 2. The zero-order chi connectivity index (χ0) is 17.3. The second-order valence-corrected chi connectivity index (χ2v) is 5.96. The number of hydrogen-bond acceptors (Lipinski definition) is 3. The number of carbonyl (C=O) groups is 1. The van der Waals surface area contributed by atoms with Crippen molar-refractivity contribution in [1.29, 1.82) is 0 Å². The van der Waals surface area contributed by atoms with Gasteiger partial charge in [0.1, 0.15) is 11.6 Å². The van der Waals surface area contributed by atoms with Crippen LogP contribution in [-0.4, -0.2) is 29.9 Å². The van der Waals surface area contributed by atoms with Crippen LogP contribution in [0.25, 0.3) is 10.9 Å². The summed E-state index contributed by atoms with van der Waals surface area (Å²) in [6.45, 7) is 1.37. The predicted octanol–water partition coefficient (Wildman–Crippen LogP) is 3.88. The fourth-order valence-corrected chi connectivity index (χ4v) is 2.98. The van der Waals surface area contributed by atoms with Gasteiger partial charge in [0.2, 0.25) is 0 Å². The Morgan fingerprint density at radius 1 is 1.17 bits per heavy atom. The van der Waals surface area contributed by atoms with Gasteiger partial charge in [-0.25, -0.2) is 4.39 Å². The largest absolute Gasteiger partial charge is 0.427 e. The highest BCUT2D eigenvalue weighted by molar-refractivity contribution is 5.84. The molecule has 0 fully saturated rings. The highest BCUT2D eigenvalue weighted by Crippen LogP contribution is 2.33. The Kier molecular flexibility index (Phi) is 4.36. The van der Waals surface area contributed by atoms with E-state index in [1.807, 2.05) is 32.4 Å². The van der Waals surface area contributed by atoms with Crippen LogP contribution in [0.4, 0.5) is 4.39 Å². The highest BCUT2D eigenvalue weighted by Gasteiger charge is 2.20. The van der Waals surface area contributed by atoms with Crippen LogP contribution < -0.4 is 4.74 Å². The summed E-state index contributed by atoms with van der Waals surface area (Å²) in [6.07, 6.45) is 1.91. The molecule has 1 unspecified atom stereocenters. The first-order valence-electron chi connectivity index (χ1n) is 7.67. The third-order valence-electron chi connectivity index (χ3n) is 3.94. The van der Waals surface area contributed by atoms with Crippen molar-refractivity contribution in [2.75, 3.05) is 14.1 Å². The maximum absolute atomic E-state index is 13.7. The van der Waals surface area contributed by atoms with E-state index in [1.54, 1.807) is 24.3 Å². The molecule has 124 valence electrons. The Balaban J connectivity index is 2.03. The van der Waals surface area contributed by atoms with Crippen molar-refractivity contribution in [2.45, 2.75) is 13.0 Å². The standard InChI is InChI=1S/C19H19FN2O2/c1-12(23)24-15-7-4-13(5-8-15)19(22(2)3)17-11-21-18-9-6-14(20)10-16(17)18/h4-11,19,21H,1-3H3. The van der Waals surface area contributed by atoms with Gasteiger partial charge in [0.05, 0.1) is 6.04 Å². The van der Waals surface area contributed by atoms with Gasteiger partial charge in [-0.1, -0.05) is 12.1 Å². The van der Waals surface area contributed by atoms with Gasteiger partial charge in [-0.15, -0.1) is 0 Å². The second-order valence-electron chi connectivity index (χ2n) is 5.96. The molecule has 0 bridgehead atoms. The van der Waals surface area contributed by atoms with Gasteiger partial charge in [-0.2, -0.15) is 0 Å². The van der Waals surface area contributed by atoms with Crippen molar-refractivity contribution < 1.29 is 13.9 Å². The number of nitrogens with one attached hydrogen (secondary N) is 1. The summed E-state index contributed by atoms with van der Waals surface area (Å²) in [7, 11) is 3.95. The Morgan fingerprint density at radius 3 is 2.50 bits per heavy atom. The molecule has 0 amide bonds. The molecule has 1 N–H and O–H groups in total. The molecule has 4 nitrogen and oxygen atoms in total. The smallest absolute Gasteiger partial charge is 0.308 e. The molecule has 0 saturated carbocycles. The minimum atomic E-state index is -0.348. The molecule has 0 spiro atoms. The van der Waals surface area contributed by atoms with E-state index in [-0.39, 0.29) is 17.8 Å². The summed E-state index contributed by atoms with van der Waals surface area (Å²) in [5.74, 6) is -0.0983. The maximum Gasteiger partial charge on any atom is 0.308 e. The molecule has 1 atom stereocenters. The minimum absolute atomic E-state index is 0.0491. The number of ether oxygens (including phenoxy) is 1. The van der Waals surface area contributed by atoms with Gasteiger partial charge in [0.15, 0.2) is 0 Å². The van der Waals surface area contributed by atoms with E-state index in [9.17, 15) is 9.18 Å². The van der Waals surface area contributed by atoms with Crippen LogP contribution in [0.3, 0.4) is 0 Å². The third kappa shape index (κ3) is 3.16.